The Hall–Kier alpha value is -4.38. The van der Waals surface area contributed by atoms with E-state index in [9.17, 15) is 28.8 Å². The van der Waals surface area contributed by atoms with Gasteiger partial charge in [0.1, 0.15) is 35.4 Å². The van der Waals surface area contributed by atoms with Gasteiger partial charge in [-0.05, 0) is 13.8 Å². The first-order chi connectivity index (χ1) is 17.7. The molecule has 0 fully saturated rings. The van der Waals surface area contributed by atoms with Crippen LogP contribution in [0.2, 0.25) is 0 Å². The van der Waals surface area contributed by atoms with Gasteiger partial charge in [0, 0.05) is 38.7 Å². The fraction of sp³-hybridized carbons (Fsp3) is 0.480. The molecule has 0 N–H and O–H groups in total. The van der Waals surface area contributed by atoms with Crippen LogP contribution in [0.4, 0.5) is 0 Å². The van der Waals surface area contributed by atoms with Gasteiger partial charge in [-0.15, -0.1) is 0 Å². The standard InChI is InChI=1S/C9H15NO3.C9H10O4.C6H10O3.CO2/c1-5-8(11)7(6-10(2)3)9(12)13-4;1-5-6(2)13-4-7(8(5)10)9(11)12-3;1-3-5(7)4-6(8)9-2;2-1-3/h6H,5H2,1-4H3;4H,1-3H3;3-4H2,1-2H3;/b7-6-;;;. The van der Waals surface area contributed by atoms with Crippen molar-refractivity contribution in [3.05, 3.63) is 45.1 Å². The van der Waals surface area contributed by atoms with Crippen molar-refractivity contribution in [2.75, 3.05) is 35.4 Å². The molecule has 0 aliphatic rings. The van der Waals surface area contributed by atoms with Crippen molar-refractivity contribution < 1.29 is 52.2 Å². The van der Waals surface area contributed by atoms with Crippen LogP contribution in [-0.2, 0) is 43.0 Å². The molecule has 0 aromatic carbocycles. The summed E-state index contributed by atoms with van der Waals surface area (Å²) in [6.45, 7) is 6.69. The van der Waals surface area contributed by atoms with Crippen LogP contribution in [0, 0.1) is 13.8 Å². The van der Waals surface area contributed by atoms with E-state index < -0.39 is 17.9 Å². The van der Waals surface area contributed by atoms with Crippen LogP contribution < -0.4 is 5.43 Å². The molecule has 0 unspecified atom stereocenters. The van der Waals surface area contributed by atoms with Crippen molar-refractivity contribution in [2.24, 2.45) is 0 Å². The molecule has 0 aliphatic heterocycles. The van der Waals surface area contributed by atoms with E-state index in [0.717, 1.165) is 6.26 Å². The highest BCUT2D eigenvalue weighted by molar-refractivity contribution is 6.17. The van der Waals surface area contributed by atoms with Crippen LogP contribution >= 0.6 is 0 Å². The molecule has 0 saturated carbocycles. The number of ether oxygens (including phenoxy) is 3. The molecular formula is C25H35NO12. The minimum absolute atomic E-state index is 0.0643. The summed E-state index contributed by atoms with van der Waals surface area (Å²) in [5, 5.41) is 0. The second-order valence-corrected chi connectivity index (χ2v) is 7.15. The molecule has 13 nitrogen and oxygen atoms in total. The van der Waals surface area contributed by atoms with Crippen molar-refractivity contribution in [3.8, 4) is 0 Å². The molecule has 38 heavy (non-hydrogen) atoms. The molecule has 0 radical (unpaired) electrons. The largest absolute Gasteiger partial charge is 0.469 e. The zero-order chi connectivity index (χ0) is 30.4. The molecule has 1 aromatic heterocycles. The molecule has 212 valence electrons. The SMILES string of the molecule is CCC(=O)/C(=C/N(C)C)C(=O)OC.CCC(=O)CC(=O)OC.COC(=O)c1coc(C)c(C)c1=O.O=C=O. The lowest BCUT2D eigenvalue weighted by molar-refractivity contribution is -0.191. The molecule has 0 atom stereocenters. The first-order valence-corrected chi connectivity index (χ1v) is 11.0. The molecule has 0 aliphatic carbocycles. The van der Waals surface area contributed by atoms with E-state index in [-0.39, 0.29) is 40.7 Å². The smallest absolute Gasteiger partial charge is 0.373 e. The zero-order valence-corrected chi connectivity index (χ0v) is 23.1. The van der Waals surface area contributed by atoms with E-state index >= 15 is 0 Å². The minimum Gasteiger partial charge on any atom is -0.469 e. The quantitative estimate of drug-likeness (QED) is 0.152. The fourth-order valence-electron chi connectivity index (χ4n) is 2.06. The number of hydrogen-bond donors (Lipinski definition) is 0. The van der Waals surface area contributed by atoms with Crippen LogP contribution in [0.15, 0.2) is 27.2 Å². The van der Waals surface area contributed by atoms with Crippen LogP contribution in [0.1, 0.15) is 54.8 Å². The van der Waals surface area contributed by atoms with Gasteiger partial charge in [-0.25, -0.2) is 9.59 Å². The highest BCUT2D eigenvalue weighted by atomic mass is 16.5. The van der Waals surface area contributed by atoms with E-state index in [1.807, 2.05) is 0 Å². The van der Waals surface area contributed by atoms with Crippen molar-refractivity contribution in [1.29, 1.82) is 0 Å². The predicted molar refractivity (Wildman–Crippen MR) is 132 cm³/mol. The van der Waals surface area contributed by atoms with Crippen molar-refractivity contribution >= 4 is 35.6 Å². The highest BCUT2D eigenvalue weighted by Gasteiger charge is 2.17. The van der Waals surface area contributed by atoms with Gasteiger partial charge < -0.3 is 23.5 Å². The third-order valence-electron chi connectivity index (χ3n) is 4.25. The topological polar surface area (TPSA) is 181 Å². The maximum absolute atomic E-state index is 11.4. The molecule has 0 amide bonds. The number of hydrogen-bond acceptors (Lipinski definition) is 13. The van der Waals surface area contributed by atoms with Gasteiger partial charge in [0.25, 0.3) is 0 Å². The summed E-state index contributed by atoms with van der Waals surface area (Å²) >= 11 is 0. The van der Waals surface area contributed by atoms with Gasteiger partial charge >= 0.3 is 24.1 Å². The van der Waals surface area contributed by atoms with Gasteiger partial charge in [0.15, 0.2) is 5.78 Å². The summed E-state index contributed by atoms with van der Waals surface area (Å²) in [5.41, 5.74) is 0.124. The van der Waals surface area contributed by atoms with Gasteiger partial charge in [-0.1, -0.05) is 13.8 Å². The lowest BCUT2D eigenvalue weighted by Crippen LogP contribution is -2.18. The highest BCUT2D eigenvalue weighted by Crippen LogP contribution is 2.04. The zero-order valence-electron chi connectivity index (χ0n) is 23.1. The Morgan fingerprint density at radius 1 is 0.947 bits per heavy atom. The Morgan fingerprint density at radius 3 is 1.84 bits per heavy atom. The maximum Gasteiger partial charge on any atom is 0.373 e. The van der Waals surface area contributed by atoms with E-state index in [1.54, 1.807) is 46.7 Å². The summed E-state index contributed by atoms with van der Waals surface area (Å²) in [6, 6.07) is 0. The fourth-order valence-corrected chi connectivity index (χ4v) is 2.06. The van der Waals surface area contributed by atoms with Crippen LogP contribution in [0.5, 0.6) is 0 Å². The van der Waals surface area contributed by atoms with Crippen LogP contribution in [-0.4, -0.2) is 76.0 Å². The van der Waals surface area contributed by atoms with E-state index in [0.29, 0.717) is 24.2 Å². The number of nitrogens with zero attached hydrogens (tertiary/aromatic N) is 1. The molecular weight excluding hydrogens is 506 g/mol. The maximum atomic E-state index is 11.4. The minimum atomic E-state index is -0.670. The first kappa shape index (κ1) is 38.2. The summed E-state index contributed by atoms with van der Waals surface area (Å²) in [4.78, 5) is 83.5. The lowest BCUT2D eigenvalue weighted by Gasteiger charge is -2.08. The van der Waals surface area contributed by atoms with Gasteiger partial charge in [0.05, 0.1) is 21.3 Å². The molecule has 0 saturated heterocycles. The Bertz CT molecular complexity index is 1030. The van der Waals surface area contributed by atoms with Crippen molar-refractivity contribution in [3.63, 3.8) is 0 Å². The summed E-state index contributed by atoms with van der Waals surface area (Å²) < 4.78 is 18.1. The Labute approximate surface area is 220 Å². The second kappa shape index (κ2) is 21.9. The van der Waals surface area contributed by atoms with E-state index in [1.165, 1.54) is 27.5 Å². The monoisotopic (exact) mass is 541 g/mol. The Kier molecular flexibility index (Phi) is 22.0. The molecule has 1 rings (SSSR count). The first-order valence-electron chi connectivity index (χ1n) is 11.0. The van der Waals surface area contributed by atoms with Crippen molar-refractivity contribution in [2.45, 2.75) is 47.0 Å². The number of methoxy groups -OCH3 is 3. The number of esters is 3. The van der Waals surface area contributed by atoms with E-state index in [4.69, 9.17) is 14.0 Å². The van der Waals surface area contributed by atoms with Crippen LogP contribution in [0.25, 0.3) is 0 Å². The summed E-state index contributed by atoms with van der Waals surface area (Å²) in [6.07, 6.45) is 3.45. The van der Waals surface area contributed by atoms with Gasteiger partial charge in [0.2, 0.25) is 5.43 Å². The van der Waals surface area contributed by atoms with E-state index in [2.05, 4.69) is 14.2 Å². The van der Waals surface area contributed by atoms with Crippen molar-refractivity contribution in [1.82, 2.24) is 4.90 Å². The van der Waals surface area contributed by atoms with Gasteiger partial charge in [-0.2, -0.15) is 9.59 Å². The molecule has 0 bridgehead atoms. The average Bonchev–Trinajstić information content (AvgIpc) is 2.90. The molecule has 0 spiro atoms. The molecule has 1 heterocycles. The second-order valence-electron chi connectivity index (χ2n) is 7.15. The Balaban J connectivity index is -0.000000467. The lowest BCUT2D eigenvalue weighted by atomic mass is 10.1. The number of ketones is 2. The number of carbonyl (C=O) groups excluding carboxylic acids is 7. The van der Waals surface area contributed by atoms with Gasteiger partial charge in [-0.3, -0.25) is 19.2 Å². The number of aryl methyl sites for hydroxylation is 1. The number of rotatable bonds is 8. The summed E-state index contributed by atoms with van der Waals surface area (Å²) in [5.74, 6) is -1.49. The number of carbonyl (C=O) groups is 5. The molecule has 13 heteroatoms. The normalized spacial score (nSPS) is 9.34. The third-order valence-corrected chi connectivity index (χ3v) is 4.25. The average molecular weight is 542 g/mol. The predicted octanol–water partition coefficient (Wildman–Crippen LogP) is 1.57. The molecule has 1 aromatic rings. The summed E-state index contributed by atoms with van der Waals surface area (Å²) in [7, 11) is 7.23. The Morgan fingerprint density at radius 2 is 1.47 bits per heavy atom. The number of Topliss-reactive ketones (excluding diaryl/α,β-unsaturated/α-hetero) is 2. The van der Waals surface area contributed by atoms with Crippen LogP contribution in [0.3, 0.4) is 0 Å². The third kappa shape index (κ3) is 16.3.